The molecule has 1 heterocycles. The number of H-pyrrole nitrogens is 1. The minimum atomic E-state index is -0.178. The fourth-order valence-corrected chi connectivity index (χ4v) is 1.69. The van der Waals surface area contributed by atoms with E-state index in [9.17, 15) is 4.79 Å². The van der Waals surface area contributed by atoms with Crippen LogP contribution in [0.5, 0.6) is 5.75 Å². The van der Waals surface area contributed by atoms with E-state index in [2.05, 4.69) is 11.6 Å². The molecule has 0 spiro atoms. The van der Waals surface area contributed by atoms with Gasteiger partial charge in [-0.15, -0.1) is 6.58 Å². The van der Waals surface area contributed by atoms with E-state index in [-0.39, 0.29) is 5.69 Å². The first kappa shape index (κ1) is 10.4. The number of aromatic nitrogens is 2. The maximum Gasteiger partial charge on any atom is 0.326 e. The molecular formula is C11H13N3O2. The molecule has 0 aliphatic rings. The van der Waals surface area contributed by atoms with E-state index in [0.29, 0.717) is 23.5 Å². The zero-order chi connectivity index (χ0) is 11.7. The molecule has 2 aromatic rings. The topological polar surface area (TPSA) is 73.0 Å². The van der Waals surface area contributed by atoms with Crippen LogP contribution in [0.1, 0.15) is 0 Å². The van der Waals surface area contributed by atoms with Gasteiger partial charge in [0.2, 0.25) is 0 Å². The molecule has 0 unspecified atom stereocenters. The first-order valence-electron chi connectivity index (χ1n) is 4.84. The van der Waals surface area contributed by atoms with Gasteiger partial charge in [-0.2, -0.15) is 0 Å². The number of nitrogen functional groups attached to an aromatic ring is 1. The van der Waals surface area contributed by atoms with Crippen LogP contribution < -0.4 is 16.2 Å². The maximum absolute atomic E-state index is 11.6. The van der Waals surface area contributed by atoms with Crippen LogP contribution in [0.15, 0.2) is 29.6 Å². The van der Waals surface area contributed by atoms with Gasteiger partial charge < -0.3 is 15.5 Å². The summed E-state index contributed by atoms with van der Waals surface area (Å²) in [5.74, 6) is 0.560. The zero-order valence-electron chi connectivity index (χ0n) is 8.99. The Morgan fingerprint density at radius 1 is 1.62 bits per heavy atom. The summed E-state index contributed by atoms with van der Waals surface area (Å²) in [7, 11) is 1.54. The van der Waals surface area contributed by atoms with E-state index in [1.165, 1.54) is 0 Å². The smallest absolute Gasteiger partial charge is 0.326 e. The standard InChI is InChI=1S/C11H13N3O2/c1-3-4-14-9-6-10(16-2)7(12)5-8(9)13-11(14)15/h3,5-6H,1,4,12H2,2H3,(H,13,15). The van der Waals surface area contributed by atoms with Crippen LogP contribution in [0.4, 0.5) is 5.69 Å². The number of methoxy groups -OCH3 is 1. The third-order valence-electron chi connectivity index (χ3n) is 2.44. The molecule has 0 amide bonds. The molecule has 3 N–H and O–H groups in total. The van der Waals surface area contributed by atoms with E-state index >= 15 is 0 Å². The molecular weight excluding hydrogens is 206 g/mol. The number of benzene rings is 1. The van der Waals surface area contributed by atoms with Gasteiger partial charge in [0.15, 0.2) is 0 Å². The highest BCUT2D eigenvalue weighted by Crippen LogP contribution is 2.26. The normalized spacial score (nSPS) is 10.6. The fourth-order valence-electron chi connectivity index (χ4n) is 1.69. The van der Waals surface area contributed by atoms with Crippen LogP contribution in [-0.2, 0) is 6.54 Å². The van der Waals surface area contributed by atoms with Gasteiger partial charge in [0.05, 0.1) is 23.8 Å². The van der Waals surface area contributed by atoms with Crippen molar-refractivity contribution in [1.29, 1.82) is 0 Å². The predicted octanol–water partition coefficient (Wildman–Crippen LogP) is 1.11. The Balaban J connectivity index is 2.76. The number of anilines is 1. The van der Waals surface area contributed by atoms with Gasteiger partial charge in [-0.25, -0.2) is 4.79 Å². The number of hydrogen-bond donors (Lipinski definition) is 2. The summed E-state index contributed by atoms with van der Waals surface area (Å²) in [6, 6.07) is 3.43. The minimum absolute atomic E-state index is 0.178. The monoisotopic (exact) mass is 219 g/mol. The van der Waals surface area contributed by atoms with Crippen molar-refractivity contribution in [2.75, 3.05) is 12.8 Å². The predicted molar refractivity (Wildman–Crippen MR) is 63.7 cm³/mol. The second-order valence-electron chi connectivity index (χ2n) is 3.44. The molecule has 1 aromatic carbocycles. The molecule has 5 nitrogen and oxygen atoms in total. The molecule has 0 saturated carbocycles. The molecule has 5 heteroatoms. The number of nitrogens with one attached hydrogen (secondary N) is 1. The molecule has 0 saturated heterocycles. The van der Waals surface area contributed by atoms with Gasteiger partial charge >= 0.3 is 5.69 Å². The molecule has 0 fully saturated rings. The molecule has 0 bridgehead atoms. The first-order valence-corrected chi connectivity index (χ1v) is 4.84. The van der Waals surface area contributed by atoms with Crippen molar-refractivity contribution in [3.05, 3.63) is 35.3 Å². The molecule has 2 rings (SSSR count). The molecule has 0 aliphatic carbocycles. The van der Waals surface area contributed by atoms with Gasteiger partial charge in [0, 0.05) is 12.6 Å². The lowest BCUT2D eigenvalue weighted by atomic mass is 10.2. The number of nitrogens with zero attached hydrogens (tertiary/aromatic N) is 1. The SMILES string of the molecule is C=CCn1c(=O)[nH]c2cc(N)c(OC)cc21. The number of hydrogen-bond acceptors (Lipinski definition) is 3. The Hall–Kier alpha value is -2.17. The summed E-state index contributed by atoms with van der Waals surface area (Å²) in [6.07, 6.45) is 1.66. The second kappa shape index (κ2) is 3.77. The Kier molecular flexibility index (Phi) is 2.44. The summed E-state index contributed by atoms with van der Waals surface area (Å²) < 4.78 is 6.69. The third-order valence-corrected chi connectivity index (χ3v) is 2.44. The van der Waals surface area contributed by atoms with Crippen LogP contribution >= 0.6 is 0 Å². The Bertz CT molecular complexity index is 595. The Morgan fingerprint density at radius 3 is 3.00 bits per heavy atom. The lowest BCUT2D eigenvalue weighted by Gasteiger charge is -2.05. The number of allylic oxidation sites excluding steroid dienone is 1. The fraction of sp³-hybridized carbons (Fsp3) is 0.182. The number of rotatable bonds is 3. The van der Waals surface area contributed by atoms with Crippen molar-refractivity contribution in [3.63, 3.8) is 0 Å². The van der Waals surface area contributed by atoms with Gasteiger partial charge in [-0.05, 0) is 6.07 Å². The summed E-state index contributed by atoms with van der Waals surface area (Å²) in [6.45, 7) is 4.06. The highest BCUT2D eigenvalue weighted by Gasteiger charge is 2.09. The number of ether oxygens (including phenoxy) is 1. The molecule has 84 valence electrons. The van der Waals surface area contributed by atoms with Crippen LogP contribution in [0.25, 0.3) is 11.0 Å². The van der Waals surface area contributed by atoms with Crippen molar-refractivity contribution in [2.24, 2.45) is 0 Å². The van der Waals surface area contributed by atoms with Gasteiger partial charge in [0.1, 0.15) is 5.75 Å². The maximum atomic E-state index is 11.6. The molecule has 0 radical (unpaired) electrons. The van der Waals surface area contributed by atoms with Crippen molar-refractivity contribution >= 4 is 16.7 Å². The Labute approximate surface area is 92.1 Å². The van der Waals surface area contributed by atoms with Crippen molar-refractivity contribution in [1.82, 2.24) is 9.55 Å². The Morgan fingerprint density at radius 2 is 2.38 bits per heavy atom. The minimum Gasteiger partial charge on any atom is -0.495 e. The number of nitrogens with two attached hydrogens (primary N) is 1. The molecule has 0 atom stereocenters. The van der Waals surface area contributed by atoms with Gasteiger partial charge in [-0.3, -0.25) is 4.57 Å². The summed E-state index contributed by atoms with van der Waals surface area (Å²) in [5, 5.41) is 0. The van der Waals surface area contributed by atoms with E-state index in [1.807, 2.05) is 0 Å². The van der Waals surface area contributed by atoms with Crippen LogP contribution in [-0.4, -0.2) is 16.7 Å². The van der Waals surface area contributed by atoms with Crippen LogP contribution in [0.2, 0.25) is 0 Å². The number of fused-ring (bicyclic) bond motifs is 1. The highest BCUT2D eigenvalue weighted by molar-refractivity contribution is 5.82. The van der Waals surface area contributed by atoms with E-state index in [1.54, 1.807) is 29.9 Å². The van der Waals surface area contributed by atoms with Crippen LogP contribution in [0.3, 0.4) is 0 Å². The van der Waals surface area contributed by atoms with Crippen molar-refractivity contribution < 1.29 is 4.74 Å². The molecule has 0 aliphatic heterocycles. The first-order chi connectivity index (χ1) is 7.67. The molecule has 16 heavy (non-hydrogen) atoms. The lowest BCUT2D eigenvalue weighted by Crippen LogP contribution is -2.15. The summed E-state index contributed by atoms with van der Waals surface area (Å²) >= 11 is 0. The lowest BCUT2D eigenvalue weighted by molar-refractivity contribution is 0.417. The third kappa shape index (κ3) is 1.46. The van der Waals surface area contributed by atoms with Crippen molar-refractivity contribution in [3.8, 4) is 5.75 Å². The van der Waals surface area contributed by atoms with Gasteiger partial charge in [-0.1, -0.05) is 6.08 Å². The van der Waals surface area contributed by atoms with E-state index in [4.69, 9.17) is 10.5 Å². The largest absolute Gasteiger partial charge is 0.495 e. The second-order valence-corrected chi connectivity index (χ2v) is 3.44. The van der Waals surface area contributed by atoms with E-state index in [0.717, 1.165) is 5.52 Å². The molecule has 1 aromatic heterocycles. The number of imidazole rings is 1. The highest BCUT2D eigenvalue weighted by atomic mass is 16.5. The number of aromatic amines is 1. The summed E-state index contributed by atoms with van der Waals surface area (Å²) in [4.78, 5) is 14.3. The van der Waals surface area contributed by atoms with Gasteiger partial charge in [0.25, 0.3) is 0 Å². The van der Waals surface area contributed by atoms with E-state index < -0.39 is 0 Å². The average molecular weight is 219 g/mol. The van der Waals surface area contributed by atoms with Crippen molar-refractivity contribution in [2.45, 2.75) is 6.54 Å². The van der Waals surface area contributed by atoms with Crippen LogP contribution in [0, 0.1) is 0 Å². The zero-order valence-corrected chi connectivity index (χ0v) is 8.99. The summed E-state index contributed by atoms with van der Waals surface area (Å²) in [5.41, 5.74) is 7.54. The quantitative estimate of drug-likeness (QED) is 0.600. The average Bonchev–Trinajstić information content (AvgIpc) is 2.54.